The van der Waals surface area contributed by atoms with Crippen molar-refractivity contribution >= 4 is 15.9 Å². The van der Waals surface area contributed by atoms with E-state index in [0.717, 1.165) is 16.6 Å². The molecule has 2 nitrogen and oxygen atoms in total. The highest BCUT2D eigenvalue weighted by molar-refractivity contribution is 9.10. The van der Waals surface area contributed by atoms with Crippen molar-refractivity contribution in [1.29, 1.82) is 0 Å². The molecule has 0 saturated carbocycles. The van der Waals surface area contributed by atoms with E-state index in [-0.39, 0.29) is 0 Å². The van der Waals surface area contributed by atoms with Crippen molar-refractivity contribution in [2.75, 3.05) is 7.05 Å². The maximum absolute atomic E-state index is 4.36. The van der Waals surface area contributed by atoms with Crippen LogP contribution in [0.5, 0.6) is 0 Å². The van der Waals surface area contributed by atoms with Crippen LogP contribution in [0.3, 0.4) is 0 Å². The number of likely N-dealkylation sites (N-methyl/N-ethyl adjacent to an activating group) is 1. The molecule has 1 heterocycles. The highest BCUT2D eigenvalue weighted by atomic mass is 79.9. The zero-order chi connectivity index (χ0) is 12.1. The molecule has 1 N–H and O–H groups in total. The third-order valence-electron chi connectivity index (χ3n) is 2.76. The highest BCUT2D eigenvalue weighted by Gasteiger charge is 2.10. The minimum atomic E-state index is 0.304. The van der Waals surface area contributed by atoms with Crippen molar-refractivity contribution in [3.05, 3.63) is 64.4 Å². The number of hydrogen-bond donors (Lipinski definition) is 1. The summed E-state index contributed by atoms with van der Waals surface area (Å²) < 4.78 is 1.11. The Kier molecular flexibility index (Phi) is 4.29. The lowest BCUT2D eigenvalue weighted by molar-refractivity contribution is 0.584. The number of nitrogens with zero attached hydrogens (tertiary/aromatic N) is 1. The van der Waals surface area contributed by atoms with Gasteiger partial charge in [-0.15, -0.1) is 0 Å². The molecule has 1 aromatic carbocycles. The summed E-state index contributed by atoms with van der Waals surface area (Å²) in [5.74, 6) is 0. The topological polar surface area (TPSA) is 24.9 Å². The first-order valence-corrected chi connectivity index (χ1v) is 6.41. The number of nitrogens with one attached hydrogen (secondary N) is 1. The number of pyridine rings is 1. The van der Waals surface area contributed by atoms with Gasteiger partial charge in [0.25, 0.3) is 0 Å². The van der Waals surface area contributed by atoms with E-state index < -0.39 is 0 Å². The van der Waals surface area contributed by atoms with Crippen LogP contribution in [-0.2, 0) is 6.42 Å². The Morgan fingerprint density at radius 3 is 2.53 bits per heavy atom. The minimum Gasteiger partial charge on any atom is -0.313 e. The van der Waals surface area contributed by atoms with E-state index in [2.05, 4.69) is 56.6 Å². The van der Waals surface area contributed by atoms with Gasteiger partial charge in [0, 0.05) is 28.8 Å². The van der Waals surface area contributed by atoms with Gasteiger partial charge in [-0.2, -0.15) is 0 Å². The summed E-state index contributed by atoms with van der Waals surface area (Å²) in [6, 6.07) is 14.7. The molecule has 2 rings (SSSR count). The van der Waals surface area contributed by atoms with Crippen LogP contribution in [0.4, 0.5) is 0 Å². The van der Waals surface area contributed by atoms with Gasteiger partial charge in [0.15, 0.2) is 0 Å². The fraction of sp³-hybridized carbons (Fsp3) is 0.214. The molecule has 17 heavy (non-hydrogen) atoms. The molecule has 88 valence electrons. The van der Waals surface area contributed by atoms with Crippen LogP contribution in [0, 0.1) is 0 Å². The maximum atomic E-state index is 4.36. The molecule has 0 aliphatic rings. The molecule has 3 heteroatoms. The average molecular weight is 291 g/mol. The molecule has 0 spiro atoms. The Morgan fingerprint density at radius 1 is 1.18 bits per heavy atom. The fourth-order valence-corrected chi connectivity index (χ4v) is 2.07. The minimum absolute atomic E-state index is 0.304. The molecular formula is C14H15BrN2. The van der Waals surface area contributed by atoms with Gasteiger partial charge in [-0.1, -0.05) is 34.1 Å². The van der Waals surface area contributed by atoms with Gasteiger partial charge in [0.2, 0.25) is 0 Å². The summed E-state index contributed by atoms with van der Waals surface area (Å²) in [4.78, 5) is 4.36. The van der Waals surface area contributed by atoms with Gasteiger partial charge in [0.05, 0.1) is 0 Å². The van der Waals surface area contributed by atoms with Gasteiger partial charge in [-0.3, -0.25) is 4.98 Å². The molecule has 0 aliphatic heterocycles. The molecule has 1 aromatic heterocycles. The Morgan fingerprint density at radius 2 is 1.94 bits per heavy atom. The Hall–Kier alpha value is -1.19. The van der Waals surface area contributed by atoms with Crippen LogP contribution in [0.1, 0.15) is 17.3 Å². The standard InChI is InChI=1S/C14H15BrN2/c1-16-14(10-13-4-2-3-9-17-13)11-5-7-12(15)8-6-11/h2-9,14,16H,10H2,1H3. The van der Waals surface area contributed by atoms with E-state index in [1.807, 2.05) is 25.4 Å². The number of halogens is 1. The number of hydrogen-bond acceptors (Lipinski definition) is 2. The van der Waals surface area contributed by atoms with E-state index in [1.165, 1.54) is 5.56 Å². The van der Waals surface area contributed by atoms with Gasteiger partial charge in [-0.25, -0.2) is 0 Å². The SMILES string of the molecule is CNC(Cc1ccccn1)c1ccc(Br)cc1. The van der Waals surface area contributed by atoms with Crippen molar-refractivity contribution in [3.63, 3.8) is 0 Å². The second-order valence-electron chi connectivity index (χ2n) is 3.92. The van der Waals surface area contributed by atoms with Gasteiger partial charge in [0.1, 0.15) is 0 Å². The highest BCUT2D eigenvalue weighted by Crippen LogP contribution is 2.19. The monoisotopic (exact) mass is 290 g/mol. The number of rotatable bonds is 4. The van der Waals surface area contributed by atoms with Crippen molar-refractivity contribution in [2.24, 2.45) is 0 Å². The van der Waals surface area contributed by atoms with Crippen LogP contribution in [0.25, 0.3) is 0 Å². The van der Waals surface area contributed by atoms with Crippen LogP contribution in [0.2, 0.25) is 0 Å². The number of benzene rings is 1. The lowest BCUT2D eigenvalue weighted by atomic mass is 10.0. The van der Waals surface area contributed by atoms with Gasteiger partial charge in [-0.05, 0) is 36.9 Å². The lowest BCUT2D eigenvalue weighted by Gasteiger charge is -2.16. The third kappa shape index (κ3) is 3.38. The average Bonchev–Trinajstić information content (AvgIpc) is 2.38. The summed E-state index contributed by atoms with van der Waals surface area (Å²) >= 11 is 3.45. The zero-order valence-electron chi connectivity index (χ0n) is 9.73. The molecule has 0 bridgehead atoms. The molecule has 1 atom stereocenters. The van der Waals surface area contributed by atoms with Crippen LogP contribution in [-0.4, -0.2) is 12.0 Å². The van der Waals surface area contributed by atoms with E-state index in [1.54, 1.807) is 0 Å². The van der Waals surface area contributed by atoms with Gasteiger partial charge < -0.3 is 5.32 Å². The Labute approximate surface area is 110 Å². The summed E-state index contributed by atoms with van der Waals surface area (Å²) in [7, 11) is 1.98. The van der Waals surface area contributed by atoms with E-state index in [0.29, 0.717) is 6.04 Å². The molecule has 0 fully saturated rings. The molecule has 1 unspecified atom stereocenters. The zero-order valence-corrected chi connectivity index (χ0v) is 11.3. The third-order valence-corrected chi connectivity index (χ3v) is 3.29. The fourth-order valence-electron chi connectivity index (χ4n) is 1.81. The van der Waals surface area contributed by atoms with Gasteiger partial charge >= 0.3 is 0 Å². The number of aromatic nitrogens is 1. The van der Waals surface area contributed by atoms with Crippen molar-refractivity contribution in [3.8, 4) is 0 Å². The smallest absolute Gasteiger partial charge is 0.0422 e. The maximum Gasteiger partial charge on any atom is 0.0422 e. The largest absolute Gasteiger partial charge is 0.313 e. The van der Waals surface area contributed by atoms with E-state index in [4.69, 9.17) is 0 Å². The second-order valence-corrected chi connectivity index (χ2v) is 4.83. The second kappa shape index (κ2) is 5.94. The molecule has 2 aromatic rings. The quantitative estimate of drug-likeness (QED) is 0.934. The first-order chi connectivity index (χ1) is 8.29. The molecular weight excluding hydrogens is 276 g/mol. The van der Waals surface area contributed by atoms with Crippen molar-refractivity contribution in [1.82, 2.24) is 10.3 Å². The first kappa shape index (κ1) is 12.3. The molecule has 0 amide bonds. The molecule has 0 saturated heterocycles. The molecule has 0 radical (unpaired) electrons. The van der Waals surface area contributed by atoms with Crippen molar-refractivity contribution in [2.45, 2.75) is 12.5 Å². The predicted molar refractivity (Wildman–Crippen MR) is 73.9 cm³/mol. The van der Waals surface area contributed by atoms with Crippen LogP contribution >= 0.6 is 15.9 Å². The summed E-state index contributed by atoms with van der Waals surface area (Å²) in [6.07, 6.45) is 2.74. The summed E-state index contributed by atoms with van der Waals surface area (Å²) in [5, 5.41) is 3.33. The van der Waals surface area contributed by atoms with E-state index >= 15 is 0 Å². The Bertz CT molecular complexity index is 453. The van der Waals surface area contributed by atoms with Crippen molar-refractivity contribution < 1.29 is 0 Å². The lowest BCUT2D eigenvalue weighted by Crippen LogP contribution is -2.19. The Balaban J connectivity index is 2.14. The summed E-state index contributed by atoms with van der Waals surface area (Å²) in [5.41, 5.74) is 2.39. The van der Waals surface area contributed by atoms with Crippen LogP contribution < -0.4 is 5.32 Å². The van der Waals surface area contributed by atoms with Crippen LogP contribution in [0.15, 0.2) is 53.1 Å². The van der Waals surface area contributed by atoms with E-state index in [9.17, 15) is 0 Å². The molecule has 0 aliphatic carbocycles. The predicted octanol–water partition coefficient (Wildman–Crippen LogP) is 3.35. The normalized spacial score (nSPS) is 12.4. The first-order valence-electron chi connectivity index (χ1n) is 5.62. The summed E-state index contributed by atoms with van der Waals surface area (Å²) in [6.45, 7) is 0.